The Kier molecular flexibility index (Phi) is 9.98. The van der Waals surface area contributed by atoms with Crippen molar-refractivity contribution in [2.45, 2.75) is 64.7 Å². The molecule has 4 amide bonds. The monoisotopic (exact) mass is 599 g/mol. The molecule has 1 heterocycles. The number of carboxylic acid groups (broad SMARTS) is 1. The zero-order valence-corrected chi connectivity index (χ0v) is 25.4. The van der Waals surface area contributed by atoms with E-state index in [1.165, 1.54) is 29.2 Å². The molecule has 8 nitrogen and oxygen atoms in total. The Morgan fingerprint density at radius 3 is 2.07 bits per heavy atom. The molecule has 3 aromatic rings. The average molecular weight is 600 g/mol. The average Bonchev–Trinajstić information content (AvgIpc) is 3.14. The van der Waals surface area contributed by atoms with E-state index < -0.39 is 53.7 Å². The fraction of sp³-hybridized carbons (Fsp3) is 0.314. The van der Waals surface area contributed by atoms with Crippen LogP contribution in [-0.4, -0.2) is 50.3 Å². The van der Waals surface area contributed by atoms with E-state index in [1.807, 2.05) is 80.6 Å². The third kappa shape index (κ3) is 7.58. The van der Waals surface area contributed by atoms with Crippen LogP contribution in [0.3, 0.4) is 0 Å². The van der Waals surface area contributed by atoms with Gasteiger partial charge >= 0.3 is 12.0 Å². The maximum atomic E-state index is 13.9. The van der Waals surface area contributed by atoms with Crippen molar-refractivity contribution in [1.82, 2.24) is 15.1 Å². The van der Waals surface area contributed by atoms with Crippen LogP contribution in [0, 0.1) is 11.7 Å². The van der Waals surface area contributed by atoms with E-state index in [2.05, 4.69) is 5.32 Å². The molecule has 0 radical (unpaired) electrons. The Hall–Kier alpha value is -4.79. The Labute approximate surface area is 257 Å². The van der Waals surface area contributed by atoms with Crippen LogP contribution in [0.4, 0.5) is 9.18 Å². The second kappa shape index (κ2) is 13.7. The number of urea groups is 1. The lowest BCUT2D eigenvalue weighted by atomic mass is 9.98. The number of halogens is 1. The first kappa shape index (κ1) is 32.1. The van der Waals surface area contributed by atoms with Crippen LogP contribution in [0.5, 0.6) is 0 Å². The summed E-state index contributed by atoms with van der Waals surface area (Å²) in [7, 11) is 0. The van der Waals surface area contributed by atoms with Gasteiger partial charge in [-0.25, -0.2) is 14.1 Å². The smallest absolute Gasteiger partial charge is 0.328 e. The number of hydrogen-bond donors (Lipinski definition) is 2. The van der Waals surface area contributed by atoms with Crippen molar-refractivity contribution in [2.24, 2.45) is 5.92 Å². The Morgan fingerprint density at radius 2 is 1.50 bits per heavy atom. The molecule has 1 saturated heterocycles. The first-order valence-electron chi connectivity index (χ1n) is 14.6. The highest BCUT2D eigenvalue weighted by molar-refractivity contribution is 6.09. The molecule has 1 aliphatic rings. The van der Waals surface area contributed by atoms with Crippen LogP contribution in [-0.2, 0) is 20.9 Å². The van der Waals surface area contributed by atoms with Gasteiger partial charge in [-0.05, 0) is 60.6 Å². The molecule has 1 aliphatic heterocycles. The molecule has 0 aliphatic carbocycles. The van der Waals surface area contributed by atoms with Gasteiger partial charge in [-0.2, -0.15) is 0 Å². The highest BCUT2D eigenvalue weighted by atomic mass is 19.1. The quantitative estimate of drug-likeness (QED) is 0.188. The maximum absolute atomic E-state index is 13.9. The summed E-state index contributed by atoms with van der Waals surface area (Å²) in [5.41, 5.74) is 2.05. The zero-order chi connectivity index (χ0) is 32.0. The van der Waals surface area contributed by atoms with Gasteiger partial charge in [-0.15, -0.1) is 0 Å². The summed E-state index contributed by atoms with van der Waals surface area (Å²) in [5.74, 6) is -2.89. The number of aliphatic carboxylic acids is 1. The molecule has 44 heavy (non-hydrogen) atoms. The second-order valence-corrected chi connectivity index (χ2v) is 11.9. The molecule has 4 rings (SSSR count). The number of nitrogens with one attached hydrogen (secondary N) is 1. The molecule has 0 bridgehead atoms. The highest BCUT2D eigenvalue weighted by Gasteiger charge is 2.54. The summed E-state index contributed by atoms with van der Waals surface area (Å²) >= 11 is 0. The standard InChI is InChI=1S/C35H38FN3O5/c1-23(2)20-30(32(42)37-29(21-31(40)41)27-16-18-28(36)19-17-27)39-33(43)35(3,4)38(34(39)44)22-26-14-12-25(13-15-26)11-10-24-8-6-5-7-9-24/h5-19,23,29-30H,20-22H2,1-4H3,(H,37,42)(H,40,41)/b11-10+. The van der Waals surface area contributed by atoms with E-state index in [0.29, 0.717) is 5.56 Å². The molecule has 230 valence electrons. The van der Waals surface area contributed by atoms with Crippen LogP contribution in [0.15, 0.2) is 78.9 Å². The van der Waals surface area contributed by atoms with Gasteiger partial charge in [-0.1, -0.05) is 92.7 Å². The topological polar surface area (TPSA) is 107 Å². The predicted molar refractivity (Wildman–Crippen MR) is 166 cm³/mol. The van der Waals surface area contributed by atoms with Crippen LogP contribution in [0.1, 0.15) is 68.8 Å². The zero-order valence-electron chi connectivity index (χ0n) is 25.4. The van der Waals surface area contributed by atoms with Gasteiger partial charge in [0.2, 0.25) is 5.91 Å². The first-order chi connectivity index (χ1) is 20.9. The van der Waals surface area contributed by atoms with Crippen molar-refractivity contribution in [1.29, 1.82) is 0 Å². The van der Waals surface area contributed by atoms with Crippen molar-refractivity contribution in [3.8, 4) is 0 Å². The van der Waals surface area contributed by atoms with E-state index >= 15 is 0 Å². The minimum atomic E-state index is -1.23. The summed E-state index contributed by atoms with van der Waals surface area (Å²) in [6, 6.07) is 20.0. The summed E-state index contributed by atoms with van der Waals surface area (Å²) in [6.07, 6.45) is 3.73. The summed E-state index contributed by atoms with van der Waals surface area (Å²) in [6.45, 7) is 7.21. The first-order valence-corrected chi connectivity index (χ1v) is 14.6. The number of imide groups is 1. The molecular formula is C35H38FN3O5. The van der Waals surface area contributed by atoms with Crippen molar-refractivity contribution in [3.63, 3.8) is 0 Å². The lowest BCUT2D eigenvalue weighted by Gasteiger charge is -2.29. The fourth-order valence-electron chi connectivity index (χ4n) is 5.25. The molecule has 2 N–H and O–H groups in total. The number of carboxylic acids is 1. The van der Waals surface area contributed by atoms with Crippen molar-refractivity contribution in [3.05, 3.63) is 107 Å². The van der Waals surface area contributed by atoms with E-state index in [0.717, 1.165) is 21.6 Å². The molecule has 0 spiro atoms. The number of hydrogen-bond acceptors (Lipinski definition) is 4. The van der Waals surface area contributed by atoms with Gasteiger partial charge in [-0.3, -0.25) is 14.4 Å². The van der Waals surface area contributed by atoms with Crippen LogP contribution >= 0.6 is 0 Å². The SMILES string of the molecule is CC(C)CC(C(=O)NC(CC(=O)O)c1ccc(F)cc1)N1C(=O)N(Cc2ccc(/C=C/c3ccccc3)cc2)C(C)(C)C1=O. The molecule has 2 unspecified atom stereocenters. The van der Waals surface area contributed by atoms with E-state index in [9.17, 15) is 28.7 Å². The molecule has 3 aromatic carbocycles. The minimum absolute atomic E-state index is 0.0660. The van der Waals surface area contributed by atoms with Crippen LogP contribution in [0.2, 0.25) is 0 Å². The van der Waals surface area contributed by atoms with E-state index in [4.69, 9.17) is 0 Å². The summed E-state index contributed by atoms with van der Waals surface area (Å²) < 4.78 is 13.5. The van der Waals surface area contributed by atoms with Gasteiger partial charge in [0, 0.05) is 6.54 Å². The van der Waals surface area contributed by atoms with Gasteiger partial charge in [0.05, 0.1) is 12.5 Å². The number of amides is 4. The second-order valence-electron chi connectivity index (χ2n) is 11.9. The molecule has 0 aromatic heterocycles. The lowest BCUT2D eigenvalue weighted by Crippen LogP contribution is -2.52. The van der Waals surface area contributed by atoms with Gasteiger partial charge in [0.1, 0.15) is 17.4 Å². The minimum Gasteiger partial charge on any atom is -0.481 e. The lowest BCUT2D eigenvalue weighted by molar-refractivity contribution is -0.140. The van der Waals surface area contributed by atoms with E-state index in [-0.39, 0.29) is 18.9 Å². The largest absolute Gasteiger partial charge is 0.481 e. The van der Waals surface area contributed by atoms with Crippen LogP contribution in [0.25, 0.3) is 12.2 Å². The number of nitrogens with zero attached hydrogens (tertiary/aromatic N) is 2. The fourth-order valence-corrected chi connectivity index (χ4v) is 5.25. The number of benzene rings is 3. The normalized spacial score (nSPS) is 16.0. The Bertz CT molecular complexity index is 1520. The third-order valence-corrected chi connectivity index (χ3v) is 7.72. The van der Waals surface area contributed by atoms with Gasteiger partial charge in [0.15, 0.2) is 0 Å². The van der Waals surface area contributed by atoms with Crippen molar-refractivity contribution >= 4 is 36.0 Å². The molecule has 2 atom stereocenters. The highest BCUT2D eigenvalue weighted by Crippen LogP contribution is 2.33. The summed E-state index contributed by atoms with van der Waals surface area (Å²) in [5, 5.41) is 12.2. The number of carbonyl (C=O) groups excluding carboxylic acids is 3. The Balaban J connectivity index is 1.55. The molecular weight excluding hydrogens is 561 g/mol. The third-order valence-electron chi connectivity index (χ3n) is 7.72. The van der Waals surface area contributed by atoms with Crippen molar-refractivity contribution in [2.75, 3.05) is 0 Å². The number of carbonyl (C=O) groups is 4. The van der Waals surface area contributed by atoms with E-state index in [1.54, 1.807) is 13.8 Å². The number of rotatable bonds is 12. The predicted octanol–water partition coefficient (Wildman–Crippen LogP) is 6.29. The molecule has 1 fully saturated rings. The summed E-state index contributed by atoms with van der Waals surface area (Å²) in [4.78, 5) is 55.4. The van der Waals surface area contributed by atoms with Crippen molar-refractivity contribution < 1.29 is 28.7 Å². The maximum Gasteiger partial charge on any atom is 0.328 e. The Morgan fingerprint density at radius 1 is 0.909 bits per heavy atom. The van der Waals surface area contributed by atoms with Crippen LogP contribution < -0.4 is 5.32 Å². The van der Waals surface area contributed by atoms with Gasteiger partial charge in [0.25, 0.3) is 5.91 Å². The molecule has 0 saturated carbocycles. The van der Waals surface area contributed by atoms with Gasteiger partial charge < -0.3 is 15.3 Å². The molecule has 9 heteroatoms.